The summed E-state index contributed by atoms with van der Waals surface area (Å²) in [5.74, 6) is -4.35. The van der Waals surface area contributed by atoms with E-state index in [1.165, 1.54) is 7.05 Å². The van der Waals surface area contributed by atoms with Crippen LogP contribution in [0.5, 0.6) is 0 Å². The largest absolute Gasteiger partial charge is 0.461 e. The van der Waals surface area contributed by atoms with Gasteiger partial charge in [-0.25, -0.2) is 4.79 Å². The summed E-state index contributed by atoms with van der Waals surface area (Å²) in [6.45, 7) is 1.99. The molecular formula is C54H60N8O8. The number of hydrogen-bond donors (Lipinski definition) is 7. The Morgan fingerprint density at radius 1 is 0.657 bits per heavy atom. The number of esters is 1. The molecule has 0 aliphatic heterocycles. The van der Waals surface area contributed by atoms with E-state index in [4.69, 9.17) is 10.5 Å². The molecule has 0 aliphatic carbocycles. The van der Waals surface area contributed by atoms with Crippen molar-refractivity contribution < 1.29 is 38.3 Å². The highest BCUT2D eigenvalue weighted by atomic mass is 16.5. The highest BCUT2D eigenvalue weighted by Gasteiger charge is 2.35. The van der Waals surface area contributed by atoms with Crippen molar-refractivity contribution in [3.8, 4) is 0 Å². The zero-order valence-electron chi connectivity index (χ0n) is 39.3. The molecule has 0 bridgehead atoms. The van der Waals surface area contributed by atoms with Gasteiger partial charge in [-0.05, 0) is 66.1 Å². The van der Waals surface area contributed by atoms with Crippen LogP contribution in [0.1, 0.15) is 53.5 Å². The zero-order valence-corrected chi connectivity index (χ0v) is 39.3. The molecular weight excluding hydrogens is 889 g/mol. The second kappa shape index (κ2) is 25.7. The number of nitrogens with zero attached hydrogens (tertiary/aromatic N) is 1. The van der Waals surface area contributed by atoms with Crippen LogP contribution in [-0.2, 0) is 59.4 Å². The number of fused-ring (bicyclic) bond motifs is 1. The second-order valence-electron chi connectivity index (χ2n) is 17.1. The first-order valence-corrected chi connectivity index (χ1v) is 23.2. The number of primary amides is 1. The molecule has 0 aliphatic rings. The van der Waals surface area contributed by atoms with Crippen molar-refractivity contribution in [3.05, 3.63) is 174 Å². The third-order valence-electron chi connectivity index (χ3n) is 11.8. The molecule has 0 radical (unpaired) electrons. The van der Waals surface area contributed by atoms with Gasteiger partial charge in [-0.3, -0.25) is 28.8 Å². The molecule has 6 aromatic rings. The topological polar surface area (TPSA) is 234 Å². The highest BCUT2D eigenvalue weighted by molar-refractivity contribution is 5.97. The van der Waals surface area contributed by atoms with Crippen molar-refractivity contribution in [3.63, 3.8) is 0 Å². The van der Waals surface area contributed by atoms with Crippen molar-refractivity contribution in [2.75, 3.05) is 18.9 Å². The predicted molar refractivity (Wildman–Crippen MR) is 267 cm³/mol. The number of urea groups is 1. The summed E-state index contributed by atoms with van der Waals surface area (Å²) < 4.78 is 5.54. The van der Waals surface area contributed by atoms with Crippen LogP contribution >= 0.6 is 0 Å². The highest BCUT2D eigenvalue weighted by Crippen LogP contribution is 2.20. The van der Waals surface area contributed by atoms with Gasteiger partial charge in [0.15, 0.2) is 0 Å². The lowest BCUT2D eigenvalue weighted by Gasteiger charge is -2.31. The van der Waals surface area contributed by atoms with Gasteiger partial charge in [0, 0.05) is 49.2 Å². The molecule has 0 spiro atoms. The van der Waals surface area contributed by atoms with Gasteiger partial charge < -0.3 is 46.9 Å². The van der Waals surface area contributed by atoms with Gasteiger partial charge in [0.25, 0.3) is 0 Å². The first kappa shape index (κ1) is 51.1. The van der Waals surface area contributed by atoms with E-state index < -0.39 is 72.1 Å². The molecule has 8 N–H and O–H groups in total. The molecule has 5 aromatic carbocycles. The molecule has 7 amide bonds. The van der Waals surface area contributed by atoms with Gasteiger partial charge in [-0.2, -0.15) is 0 Å². The fourth-order valence-corrected chi connectivity index (χ4v) is 7.95. The van der Waals surface area contributed by atoms with E-state index in [2.05, 4.69) is 31.6 Å². The van der Waals surface area contributed by atoms with Crippen molar-refractivity contribution in [2.45, 2.75) is 82.6 Å². The second-order valence-corrected chi connectivity index (χ2v) is 17.1. The van der Waals surface area contributed by atoms with Gasteiger partial charge >= 0.3 is 12.0 Å². The Kier molecular flexibility index (Phi) is 18.8. The van der Waals surface area contributed by atoms with E-state index in [9.17, 15) is 33.6 Å². The number of aryl methyl sites for hydroxylation is 1. The summed E-state index contributed by atoms with van der Waals surface area (Å²) in [7, 11) is 1.37. The maximum atomic E-state index is 14.6. The van der Waals surface area contributed by atoms with Crippen molar-refractivity contribution in [2.24, 2.45) is 5.73 Å². The Bertz CT molecular complexity index is 2710. The fourth-order valence-electron chi connectivity index (χ4n) is 7.95. The lowest BCUT2D eigenvalue weighted by atomic mass is 10.0. The average molecular weight is 949 g/mol. The van der Waals surface area contributed by atoms with Crippen LogP contribution in [0.2, 0.25) is 0 Å². The van der Waals surface area contributed by atoms with E-state index in [1.54, 1.807) is 72.9 Å². The number of likely N-dealkylation sites (N-methyl/N-ethyl adjacent to an activating group) is 1. The SMILES string of the molecule is Cc1ccccc1NC(=O)NCCCC[C@H](NC(=O)[C@H](Cc1c[nH]c2ccccc12)NC(=O)Cc1ccccc1)C(=O)N[C@@H](CC(=O)OCc1ccccc1)C(=O)N(C)[C@@H](Cc1ccccc1)C(N)=O. The van der Waals surface area contributed by atoms with Gasteiger partial charge in [-0.1, -0.05) is 127 Å². The summed E-state index contributed by atoms with van der Waals surface area (Å²) in [6.07, 6.45) is 1.93. The number of aromatic amines is 1. The van der Waals surface area contributed by atoms with Crippen LogP contribution < -0.4 is 32.3 Å². The van der Waals surface area contributed by atoms with E-state index in [0.29, 0.717) is 24.1 Å². The van der Waals surface area contributed by atoms with Gasteiger partial charge in [0.2, 0.25) is 29.5 Å². The summed E-state index contributed by atoms with van der Waals surface area (Å²) in [6, 6.07) is 36.1. The number of carbonyl (C=O) groups is 7. The Hall–Kier alpha value is -8.27. The minimum Gasteiger partial charge on any atom is -0.461 e. The van der Waals surface area contributed by atoms with Crippen LogP contribution in [0.25, 0.3) is 10.9 Å². The predicted octanol–water partition coefficient (Wildman–Crippen LogP) is 5.40. The third kappa shape index (κ3) is 15.4. The van der Waals surface area contributed by atoms with Crippen LogP contribution in [0.15, 0.2) is 146 Å². The molecule has 1 heterocycles. The van der Waals surface area contributed by atoms with Crippen LogP contribution in [0.4, 0.5) is 10.5 Å². The zero-order chi connectivity index (χ0) is 49.8. The van der Waals surface area contributed by atoms with Crippen molar-refractivity contribution in [1.82, 2.24) is 31.2 Å². The lowest BCUT2D eigenvalue weighted by molar-refractivity contribution is -0.150. The molecule has 0 fully saturated rings. The van der Waals surface area contributed by atoms with Gasteiger partial charge in [-0.15, -0.1) is 0 Å². The third-order valence-corrected chi connectivity index (χ3v) is 11.8. The van der Waals surface area contributed by atoms with Crippen molar-refractivity contribution >= 4 is 58.1 Å². The number of amides is 7. The van der Waals surface area contributed by atoms with Crippen LogP contribution in [0.3, 0.4) is 0 Å². The number of H-pyrrole nitrogens is 1. The van der Waals surface area contributed by atoms with E-state index in [-0.39, 0.29) is 38.8 Å². The molecule has 0 unspecified atom stereocenters. The standard InChI is InChI=1S/C54H60N8O8/c1-36-18-12-14-26-42(36)61-54(69)56-29-17-16-28-44(59-52(67)45(58-48(63)31-38-21-8-4-9-22-38)32-40-34-57-43-27-15-13-25-41(40)43)51(66)60-46(33-49(64)70-35-39-23-10-5-11-24-39)53(68)62(2)47(50(55)65)30-37-19-6-3-7-20-37/h3-15,18-27,34,44-47,57H,16-17,28-33,35H2,1-2H3,(H2,55,65)(H,58,63)(H,59,67)(H,60,66)(H2,56,61,69)/t44-,45-,46-,47-/m0/s1. The quantitative estimate of drug-likeness (QED) is 0.0306. The van der Waals surface area contributed by atoms with E-state index >= 15 is 0 Å². The summed E-state index contributed by atoms with van der Waals surface area (Å²) in [5, 5.41) is 14.9. The van der Waals surface area contributed by atoms with Crippen LogP contribution in [0, 0.1) is 6.92 Å². The number of para-hydroxylation sites is 2. The molecule has 16 nitrogen and oxygen atoms in total. The molecule has 16 heteroatoms. The number of unbranched alkanes of at least 4 members (excludes halogenated alkanes) is 1. The Labute approximate surface area is 407 Å². The summed E-state index contributed by atoms with van der Waals surface area (Å²) >= 11 is 0. The maximum Gasteiger partial charge on any atom is 0.319 e. The summed E-state index contributed by atoms with van der Waals surface area (Å²) in [5.41, 5.74) is 11.1. The number of carbonyl (C=O) groups excluding carboxylic acids is 7. The first-order valence-electron chi connectivity index (χ1n) is 23.2. The lowest BCUT2D eigenvalue weighted by Crippen LogP contribution is -2.59. The fraction of sp³-hybridized carbons (Fsp3) is 0.278. The van der Waals surface area contributed by atoms with Crippen molar-refractivity contribution in [1.29, 1.82) is 0 Å². The van der Waals surface area contributed by atoms with Crippen LogP contribution in [-0.4, -0.2) is 89.2 Å². The molecule has 0 saturated carbocycles. The van der Waals surface area contributed by atoms with Gasteiger partial charge in [0.1, 0.15) is 30.8 Å². The number of aromatic nitrogens is 1. The Balaban J connectivity index is 1.24. The van der Waals surface area contributed by atoms with E-state index in [1.807, 2.05) is 79.7 Å². The van der Waals surface area contributed by atoms with E-state index in [0.717, 1.165) is 38.1 Å². The maximum absolute atomic E-state index is 14.6. The number of nitrogens with two attached hydrogens (primary N) is 1. The average Bonchev–Trinajstić information content (AvgIpc) is 3.77. The Morgan fingerprint density at radius 2 is 1.26 bits per heavy atom. The molecule has 4 atom stereocenters. The molecule has 1 aromatic heterocycles. The number of ether oxygens (including phenoxy) is 1. The first-order chi connectivity index (χ1) is 33.8. The number of benzene rings is 5. The monoisotopic (exact) mass is 948 g/mol. The number of anilines is 1. The molecule has 364 valence electrons. The number of rotatable bonds is 24. The number of nitrogens with one attached hydrogen (secondary N) is 6. The van der Waals surface area contributed by atoms with Gasteiger partial charge in [0.05, 0.1) is 12.8 Å². The molecule has 0 saturated heterocycles. The molecule has 6 rings (SSSR count). The number of hydrogen-bond acceptors (Lipinski definition) is 8. The normalized spacial score (nSPS) is 12.6. The Morgan fingerprint density at radius 3 is 1.94 bits per heavy atom. The smallest absolute Gasteiger partial charge is 0.319 e. The molecule has 70 heavy (non-hydrogen) atoms. The minimum absolute atomic E-state index is 0.0128. The summed E-state index contributed by atoms with van der Waals surface area (Å²) in [4.78, 5) is 101. The minimum atomic E-state index is -1.57.